The maximum atomic E-state index is 5.91. The minimum atomic E-state index is 0.387. The van der Waals surface area contributed by atoms with Crippen molar-refractivity contribution >= 4 is 11.0 Å². The van der Waals surface area contributed by atoms with Crippen LogP contribution < -0.4 is 5.73 Å². The van der Waals surface area contributed by atoms with Crippen LogP contribution >= 0.6 is 0 Å². The SMILES string of the molecule is NC1CCN(Cc2c[nH]c3ncncc23)CC1. The number of aromatic nitrogens is 3. The Kier molecular flexibility index (Phi) is 2.78. The molecule has 1 fully saturated rings. The van der Waals surface area contributed by atoms with Gasteiger partial charge in [-0.15, -0.1) is 0 Å². The molecule has 1 aliphatic rings. The molecular weight excluding hydrogens is 214 g/mol. The third-order valence-electron chi connectivity index (χ3n) is 3.47. The van der Waals surface area contributed by atoms with E-state index in [0.717, 1.165) is 43.5 Å². The minimum Gasteiger partial charge on any atom is -0.346 e. The van der Waals surface area contributed by atoms with Gasteiger partial charge < -0.3 is 10.7 Å². The van der Waals surface area contributed by atoms with E-state index in [1.807, 2.05) is 12.4 Å². The molecule has 3 heterocycles. The molecule has 1 aliphatic heterocycles. The second-order valence-electron chi connectivity index (χ2n) is 4.71. The van der Waals surface area contributed by atoms with E-state index in [1.54, 1.807) is 6.33 Å². The van der Waals surface area contributed by atoms with E-state index in [1.165, 1.54) is 5.56 Å². The summed E-state index contributed by atoms with van der Waals surface area (Å²) in [6.45, 7) is 3.13. The number of nitrogens with two attached hydrogens (primary N) is 1. The van der Waals surface area contributed by atoms with E-state index < -0.39 is 0 Å². The van der Waals surface area contributed by atoms with Gasteiger partial charge in [-0.1, -0.05) is 0 Å². The smallest absolute Gasteiger partial charge is 0.140 e. The van der Waals surface area contributed by atoms with E-state index in [0.29, 0.717) is 6.04 Å². The first kappa shape index (κ1) is 10.7. The minimum absolute atomic E-state index is 0.387. The van der Waals surface area contributed by atoms with Crippen LogP contribution in [0.15, 0.2) is 18.7 Å². The van der Waals surface area contributed by atoms with Gasteiger partial charge in [-0.3, -0.25) is 4.90 Å². The first-order valence-electron chi connectivity index (χ1n) is 6.07. The zero-order valence-corrected chi connectivity index (χ0v) is 9.76. The van der Waals surface area contributed by atoms with Gasteiger partial charge in [-0.25, -0.2) is 9.97 Å². The lowest BCUT2D eigenvalue weighted by Crippen LogP contribution is -2.39. The number of fused-ring (bicyclic) bond motifs is 1. The standard InChI is InChI=1S/C12H17N5/c13-10-1-3-17(4-2-10)7-9-5-15-12-11(9)6-14-8-16-12/h5-6,8,10H,1-4,7,13H2,(H,14,15,16). The molecule has 0 saturated carbocycles. The van der Waals surface area contributed by atoms with Crippen molar-refractivity contribution in [2.45, 2.75) is 25.4 Å². The molecule has 5 heteroatoms. The highest BCUT2D eigenvalue weighted by Crippen LogP contribution is 2.18. The molecule has 0 spiro atoms. The highest BCUT2D eigenvalue weighted by atomic mass is 15.1. The number of aromatic amines is 1. The Balaban J connectivity index is 1.76. The van der Waals surface area contributed by atoms with Crippen LogP contribution in [0.4, 0.5) is 0 Å². The molecule has 0 unspecified atom stereocenters. The molecule has 17 heavy (non-hydrogen) atoms. The van der Waals surface area contributed by atoms with Crippen LogP contribution in [-0.4, -0.2) is 39.0 Å². The van der Waals surface area contributed by atoms with E-state index in [-0.39, 0.29) is 0 Å². The molecule has 90 valence electrons. The van der Waals surface area contributed by atoms with E-state index in [9.17, 15) is 0 Å². The Morgan fingerprint density at radius 3 is 3.06 bits per heavy atom. The zero-order chi connectivity index (χ0) is 11.7. The van der Waals surface area contributed by atoms with Crippen LogP contribution in [0.1, 0.15) is 18.4 Å². The summed E-state index contributed by atoms with van der Waals surface area (Å²) in [7, 11) is 0. The summed E-state index contributed by atoms with van der Waals surface area (Å²) in [5.41, 5.74) is 8.10. The molecule has 1 saturated heterocycles. The fraction of sp³-hybridized carbons (Fsp3) is 0.500. The summed E-state index contributed by atoms with van der Waals surface area (Å²) in [4.78, 5) is 13.9. The lowest BCUT2D eigenvalue weighted by molar-refractivity contribution is 0.206. The summed E-state index contributed by atoms with van der Waals surface area (Å²) in [6, 6.07) is 0.387. The van der Waals surface area contributed by atoms with Gasteiger partial charge in [0.2, 0.25) is 0 Å². The molecule has 5 nitrogen and oxygen atoms in total. The number of likely N-dealkylation sites (tertiary alicyclic amines) is 1. The number of H-pyrrole nitrogens is 1. The summed E-state index contributed by atoms with van der Waals surface area (Å²) in [5.74, 6) is 0. The van der Waals surface area contributed by atoms with E-state index >= 15 is 0 Å². The molecule has 0 amide bonds. The van der Waals surface area contributed by atoms with Crippen molar-refractivity contribution in [1.82, 2.24) is 19.9 Å². The Bertz CT molecular complexity index is 498. The average Bonchev–Trinajstić information content (AvgIpc) is 2.76. The number of nitrogens with one attached hydrogen (secondary N) is 1. The van der Waals surface area contributed by atoms with Crippen molar-refractivity contribution in [2.75, 3.05) is 13.1 Å². The molecule has 0 aromatic carbocycles. The molecule has 0 radical (unpaired) electrons. The van der Waals surface area contributed by atoms with Gasteiger partial charge in [0, 0.05) is 30.4 Å². The Hall–Kier alpha value is -1.46. The number of hydrogen-bond donors (Lipinski definition) is 2. The number of nitrogens with zero attached hydrogens (tertiary/aromatic N) is 3. The van der Waals surface area contributed by atoms with Crippen LogP contribution in [0.25, 0.3) is 11.0 Å². The summed E-state index contributed by atoms with van der Waals surface area (Å²) >= 11 is 0. The molecule has 0 bridgehead atoms. The fourth-order valence-electron chi connectivity index (χ4n) is 2.40. The Labute approximate surface area is 100 Å². The third-order valence-corrected chi connectivity index (χ3v) is 3.47. The van der Waals surface area contributed by atoms with Gasteiger partial charge in [0.15, 0.2) is 0 Å². The maximum Gasteiger partial charge on any atom is 0.140 e. The lowest BCUT2D eigenvalue weighted by Gasteiger charge is -2.29. The number of hydrogen-bond acceptors (Lipinski definition) is 4. The zero-order valence-electron chi connectivity index (χ0n) is 9.76. The topological polar surface area (TPSA) is 70.8 Å². The molecule has 3 N–H and O–H groups in total. The molecule has 0 atom stereocenters. The third kappa shape index (κ3) is 2.16. The summed E-state index contributed by atoms with van der Waals surface area (Å²) in [5, 5.41) is 1.13. The van der Waals surface area contributed by atoms with Crippen LogP contribution in [0.5, 0.6) is 0 Å². The largest absolute Gasteiger partial charge is 0.346 e. The van der Waals surface area contributed by atoms with Crippen LogP contribution in [0.2, 0.25) is 0 Å². The normalized spacial score (nSPS) is 18.9. The van der Waals surface area contributed by atoms with Crippen LogP contribution in [0, 0.1) is 0 Å². The predicted molar refractivity (Wildman–Crippen MR) is 66.4 cm³/mol. The number of rotatable bonds is 2. The second-order valence-corrected chi connectivity index (χ2v) is 4.71. The second kappa shape index (κ2) is 4.43. The highest BCUT2D eigenvalue weighted by Gasteiger charge is 2.17. The quantitative estimate of drug-likeness (QED) is 0.805. The van der Waals surface area contributed by atoms with Crippen molar-refractivity contribution < 1.29 is 0 Å². The van der Waals surface area contributed by atoms with Gasteiger partial charge in [0.1, 0.15) is 12.0 Å². The highest BCUT2D eigenvalue weighted by molar-refractivity contribution is 5.78. The van der Waals surface area contributed by atoms with Crippen molar-refractivity contribution in [3.8, 4) is 0 Å². The Morgan fingerprint density at radius 2 is 2.24 bits per heavy atom. The maximum absolute atomic E-state index is 5.91. The van der Waals surface area contributed by atoms with Crippen LogP contribution in [0.3, 0.4) is 0 Å². The van der Waals surface area contributed by atoms with E-state index in [2.05, 4.69) is 19.9 Å². The predicted octanol–water partition coefficient (Wildman–Crippen LogP) is 0.881. The van der Waals surface area contributed by atoms with Crippen molar-refractivity contribution in [3.05, 3.63) is 24.3 Å². The average molecular weight is 231 g/mol. The first-order valence-corrected chi connectivity index (χ1v) is 6.07. The number of piperidine rings is 1. The first-order chi connectivity index (χ1) is 8.33. The van der Waals surface area contributed by atoms with Crippen LogP contribution in [-0.2, 0) is 6.54 Å². The molecule has 0 aliphatic carbocycles. The Morgan fingerprint density at radius 1 is 1.41 bits per heavy atom. The van der Waals surface area contributed by atoms with Gasteiger partial charge in [-0.2, -0.15) is 0 Å². The fourth-order valence-corrected chi connectivity index (χ4v) is 2.40. The summed E-state index contributed by atoms with van der Waals surface area (Å²) in [6.07, 6.45) is 7.68. The molecule has 2 aromatic heterocycles. The van der Waals surface area contributed by atoms with Gasteiger partial charge in [0.25, 0.3) is 0 Å². The van der Waals surface area contributed by atoms with Crippen molar-refractivity contribution in [1.29, 1.82) is 0 Å². The summed E-state index contributed by atoms with van der Waals surface area (Å²) < 4.78 is 0. The van der Waals surface area contributed by atoms with Gasteiger partial charge >= 0.3 is 0 Å². The van der Waals surface area contributed by atoms with Crippen molar-refractivity contribution in [2.24, 2.45) is 5.73 Å². The lowest BCUT2D eigenvalue weighted by atomic mass is 10.1. The molecule has 3 rings (SSSR count). The monoisotopic (exact) mass is 231 g/mol. The van der Waals surface area contributed by atoms with Gasteiger partial charge in [0.05, 0.1) is 0 Å². The van der Waals surface area contributed by atoms with E-state index in [4.69, 9.17) is 5.73 Å². The van der Waals surface area contributed by atoms with Gasteiger partial charge in [-0.05, 0) is 31.5 Å². The van der Waals surface area contributed by atoms with Crippen molar-refractivity contribution in [3.63, 3.8) is 0 Å². The molecule has 2 aromatic rings. The molecular formula is C12H17N5.